The zero-order valence-corrected chi connectivity index (χ0v) is 15.3. The lowest BCUT2D eigenvalue weighted by molar-refractivity contribution is 0.0838. The average molecular weight is 365 g/mol. The molecular weight excluding hydrogens is 342 g/mol. The molecule has 1 aliphatic rings. The minimum absolute atomic E-state index is 0.192. The SMILES string of the molecule is Cc1ccc2nc(C(=O)NCC(O)CN3CCc4ccccc4C3)cn2n1. The molecule has 0 saturated carbocycles. The lowest BCUT2D eigenvalue weighted by atomic mass is 10.00. The van der Waals surface area contributed by atoms with E-state index in [0.717, 1.165) is 25.2 Å². The highest BCUT2D eigenvalue weighted by Gasteiger charge is 2.19. The molecule has 1 aliphatic heterocycles. The van der Waals surface area contributed by atoms with E-state index in [1.807, 2.05) is 25.1 Å². The number of nitrogens with zero attached hydrogens (tertiary/aromatic N) is 4. The number of benzene rings is 1. The van der Waals surface area contributed by atoms with Crippen LogP contribution in [-0.4, -0.2) is 56.2 Å². The standard InChI is InChI=1S/C20H23N5O2/c1-14-6-7-19-22-18(13-25(19)23-14)20(27)21-10-17(26)12-24-9-8-15-4-2-3-5-16(15)11-24/h2-7,13,17,26H,8-12H2,1H3,(H,21,27). The first-order valence-electron chi connectivity index (χ1n) is 9.17. The van der Waals surface area contributed by atoms with Crippen LogP contribution in [0.5, 0.6) is 0 Å². The number of aromatic nitrogens is 3. The minimum Gasteiger partial charge on any atom is -0.390 e. The summed E-state index contributed by atoms with van der Waals surface area (Å²) in [4.78, 5) is 18.8. The summed E-state index contributed by atoms with van der Waals surface area (Å²) in [7, 11) is 0. The quantitative estimate of drug-likeness (QED) is 0.710. The maximum atomic E-state index is 12.3. The van der Waals surface area contributed by atoms with Gasteiger partial charge in [-0.05, 0) is 36.6 Å². The maximum absolute atomic E-state index is 12.3. The number of aryl methyl sites for hydroxylation is 1. The molecule has 7 heteroatoms. The Morgan fingerprint density at radius 3 is 2.93 bits per heavy atom. The molecule has 0 bridgehead atoms. The van der Waals surface area contributed by atoms with Crippen LogP contribution in [0.2, 0.25) is 0 Å². The van der Waals surface area contributed by atoms with Crippen LogP contribution >= 0.6 is 0 Å². The van der Waals surface area contributed by atoms with Gasteiger partial charge in [0.1, 0.15) is 5.69 Å². The van der Waals surface area contributed by atoms with Crippen molar-refractivity contribution in [2.24, 2.45) is 0 Å². The van der Waals surface area contributed by atoms with Gasteiger partial charge in [0.15, 0.2) is 5.65 Å². The fraction of sp³-hybridized carbons (Fsp3) is 0.350. The highest BCUT2D eigenvalue weighted by Crippen LogP contribution is 2.18. The molecule has 1 aromatic carbocycles. The molecule has 0 spiro atoms. The second kappa shape index (κ2) is 7.46. The summed E-state index contributed by atoms with van der Waals surface area (Å²) in [6, 6.07) is 12.1. The van der Waals surface area contributed by atoms with Gasteiger partial charge in [-0.15, -0.1) is 0 Å². The Balaban J connectivity index is 1.31. The predicted molar refractivity (Wildman–Crippen MR) is 101 cm³/mol. The first kappa shape index (κ1) is 17.6. The molecule has 1 unspecified atom stereocenters. The maximum Gasteiger partial charge on any atom is 0.271 e. The Kier molecular flexibility index (Phi) is 4.87. The number of carbonyl (C=O) groups excluding carboxylic acids is 1. The zero-order valence-electron chi connectivity index (χ0n) is 15.3. The number of aliphatic hydroxyl groups is 1. The molecule has 7 nitrogen and oxygen atoms in total. The Morgan fingerprint density at radius 1 is 1.26 bits per heavy atom. The molecule has 0 radical (unpaired) electrons. The van der Waals surface area contributed by atoms with Gasteiger partial charge >= 0.3 is 0 Å². The predicted octanol–water partition coefficient (Wildman–Crippen LogP) is 1.19. The molecular formula is C20H23N5O2. The zero-order chi connectivity index (χ0) is 18.8. The number of β-amino-alcohol motifs (C(OH)–C–C–N with tert-alkyl or cyclic N) is 1. The number of fused-ring (bicyclic) bond motifs is 2. The minimum atomic E-state index is -0.628. The molecule has 3 heterocycles. The second-order valence-corrected chi connectivity index (χ2v) is 7.02. The van der Waals surface area contributed by atoms with E-state index >= 15 is 0 Å². The van der Waals surface area contributed by atoms with Crippen molar-refractivity contribution in [1.82, 2.24) is 24.8 Å². The molecule has 3 aromatic rings. The van der Waals surface area contributed by atoms with Gasteiger partial charge in [0.25, 0.3) is 5.91 Å². The average Bonchev–Trinajstić information content (AvgIpc) is 3.09. The van der Waals surface area contributed by atoms with E-state index in [2.05, 4.69) is 38.5 Å². The highest BCUT2D eigenvalue weighted by atomic mass is 16.3. The van der Waals surface area contributed by atoms with Crippen LogP contribution in [0.3, 0.4) is 0 Å². The topological polar surface area (TPSA) is 82.8 Å². The third-order valence-electron chi connectivity index (χ3n) is 4.86. The van der Waals surface area contributed by atoms with E-state index in [1.165, 1.54) is 11.1 Å². The van der Waals surface area contributed by atoms with Gasteiger partial charge in [-0.25, -0.2) is 9.50 Å². The molecule has 1 amide bonds. The fourth-order valence-corrected chi connectivity index (χ4v) is 3.46. The number of nitrogens with one attached hydrogen (secondary N) is 1. The van der Waals surface area contributed by atoms with Crippen molar-refractivity contribution in [3.05, 3.63) is 65.1 Å². The summed E-state index contributed by atoms with van der Waals surface area (Å²) in [6.07, 6.45) is 1.96. The smallest absolute Gasteiger partial charge is 0.271 e. The molecule has 140 valence electrons. The van der Waals surface area contributed by atoms with E-state index in [-0.39, 0.29) is 12.5 Å². The van der Waals surface area contributed by atoms with Crippen molar-refractivity contribution in [3.63, 3.8) is 0 Å². The Bertz CT molecular complexity index is 968. The van der Waals surface area contributed by atoms with Crippen LogP contribution in [0.4, 0.5) is 0 Å². The van der Waals surface area contributed by atoms with Gasteiger partial charge < -0.3 is 10.4 Å². The normalized spacial score (nSPS) is 15.5. The second-order valence-electron chi connectivity index (χ2n) is 7.02. The summed E-state index contributed by atoms with van der Waals surface area (Å²) in [5, 5.41) is 17.4. The Morgan fingerprint density at radius 2 is 2.07 bits per heavy atom. The Hall–Kier alpha value is -2.77. The summed E-state index contributed by atoms with van der Waals surface area (Å²) >= 11 is 0. The number of amides is 1. The van der Waals surface area contributed by atoms with Crippen molar-refractivity contribution in [2.75, 3.05) is 19.6 Å². The molecule has 1 atom stereocenters. The first-order valence-corrected chi connectivity index (χ1v) is 9.17. The first-order chi connectivity index (χ1) is 13.1. The van der Waals surface area contributed by atoms with Crippen molar-refractivity contribution >= 4 is 11.6 Å². The number of aliphatic hydroxyl groups excluding tert-OH is 1. The van der Waals surface area contributed by atoms with Gasteiger partial charge in [-0.1, -0.05) is 24.3 Å². The number of hydrogen-bond acceptors (Lipinski definition) is 5. The molecule has 2 aromatic heterocycles. The van der Waals surface area contributed by atoms with Gasteiger partial charge in [-0.3, -0.25) is 9.69 Å². The van der Waals surface area contributed by atoms with Crippen molar-refractivity contribution in [3.8, 4) is 0 Å². The summed E-state index contributed by atoms with van der Waals surface area (Å²) in [5.41, 5.74) is 4.47. The molecule has 0 fully saturated rings. The van der Waals surface area contributed by atoms with E-state index in [1.54, 1.807) is 10.7 Å². The highest BCUT2D eigenvalue weighted by molar-refractivity contribution is 5.92. The van der Waals surface area contributed by atoms with E-state index in [9.17, 15) is 9.90 Å². The van der Waals surface area contributed by atoms with Crippen LogP contribution < -0.4 is 5.32 Å². The number of carbonyl (C=O) groups is 1. The van der Waals surface area contributed by atoms with Gasteiger partial charge in [0.05, 0.1) is 18.0 Å². The monoisotopic (exact) mass is 365 g/mol. The number of imidazole rings is 1. The van der Waals surface area contributed by atoms with Crippen molar-refractivity contribution in [1.29, 1.82) is 0 Å². The van der Waals surface area contributed by atoms with E-state index < -0.39 is 6.10 Å². The van der Waals surface area contributed by atoms with Gasteiger partial charge in [0, 0.05) is 26.2 Å². The third kappa shape index (κ3) is 3.99. The molecule has 0 aliphatic carbocycles. The molecule has 27 heavy (non-hydrogen) atoms. The van der Waals surface area contributed by atoms with Crippen LogP contribution in [0.15, 0.2) is 42.6 Å². The molecule has 4 rings (SSSR count). The number of hydrogen-bond donors (Lipinski definition) is 2. The van der Waals surface area contributed by atoms with Crippen molar-refractivity contribution in [2.45, 2.75) is 26.0 Å². The summed E-state index contributed by atoms with van der Waals surface area (Å²) in [6.45, 7) is 4.35. The molecule has 2 N–H and O–H groups in total. The lowest BCUT2D eigenvalue weighted by Gasteiger charge is -2.30. The Labute approximate surface area is 157 Å². The largest absolute Gasteiger partial charge is 0.390 e. The van der Waals surface area contributed by atoms with Crippen LogP contribution in [0.1, 0.15) is 27.3 Å². The van der Waals surface area contributed by atoms with E-state index in [0.29, 0.717) is 17.9 Å². The van der Waals surface area contributed by atoms with Crippen LogP contribution in [0.25, 0.3) is 5.65 Å². The summed E-state index contributed by atoms with van der Waals surface area (Å²) < 4.78 is 1.59. The lowest BCUT2D eigenvalue weighted by Crippen LogP contribution is -2.42. The van der Waals surface area contributed by atoms with Gasteiger partial charge in [-0.2, -0.15) is 5.10 Å². The fourth-order valence-electron chi connectivity index (χ4n) is 3.46. The van der Waals surface area contributed by atoms with Crippen LogP contribution in [0, 0.1) is 6.92 Å². The number of rotatable bonds is 5. The third-order valence-corrected chi connectivity index (χ3v) is 4.86. The molecule has 0 saturated heterocycles. The van der Waals surface area contributed by atoms with E-state index in [4.69, 9.17) is 0 Å². The summed E-state index contributed by atoms with van der Waals surface area (Å²) in [5.74, 6) is -0.304. The van der Waals surface area contributed by atoms with Gasteiger partial charge in [0.2, 0.25) is 0 Å². The van der Waals surface area contributed by atoms with Crippen LogP contribution in [-0.2, 0) is 13.0 Å². The van der Waals surface area contributed by atoms with Crippen molar-refractivity contribution < 1.29 is 9.90 Å².